The Hall–Kier alpha value is -3.35. The number of benzene rings is 2. The molecule has 0 radical (unpaired) electrons. The maximum absolute atomic E-state index is 12.2. The highest BCUT2D eigenvalue weighted by Gasteiger charge is 2.14. The van der Waals surface area contributed by atoms with Crippen molar-refractivity contribution in [1.82, 2.24) is 9.97 Å². The molecule has 7 nitrogen and oxygen atoms in total. The SMILES string of the molecule is CCOC(=O)c1cccc2c(NCc3ccc(OC)cc3OC)ncnc12. The molecule has 0 aliphatic heterocycles. The zero-order valence-electron chi connectivity index (χ0n) is 15.5. The second-order valence-corrected chi connectivity index (χ2v) is 5.68. The van der Waals surface area contributed by atoms with Crippen molar-refractivity contribution in [3.8, 4) is 11.5 Å². The van der Waals surface area contributed by atoms with Gasteiger partial charge in [0.15, 0.2) is 0 Å². The van der Waals surface area contributed by atoms with Crippen LogP contribution in [0.5, 0.6) is 11.5 Å². The molecule has 0 unspecified atom stereocenters. The predicted molar refractivity (Wildman–Crippen MR) is 102 cm³/mol. The zero-order chi connectivity index (χ0) is 19.2. The molecule has 1 heterocycles. The fourth-order valence-corrected chi connectivity index (χ4v) is 2.78. The lowest BCUT2D eigenvalue weighted by molar-refractivity contribution is 0.0528. The Morgan fingerprint density at radius 3 is 2.70 bits per heavy atom. The van der Waals surface area contributed by atoms with Crippen molar-refractivity contribution in [2.75, 3.05) is 26.1 Å². The van der Waals surface area contributed by atoms with E-state index in [1.165, 1.54) is 6.33 Å². The van der Waals surface area contributed by atoms with Crippen LogP contribution in [0.3, 0.4) is 0 Å². The molecule has 2 aromatic carbocycles. The van der Waals surface area contributed by atoms with Crippen molar-refractivity contribution >= 4 is 22.7 Å². The third-order valence-corrected chi connectivity index (χ3v) is 4.10. The van der Waals surface area contributed by atoms with E-state index in [2.05, 4.69) is 15.3 Å². The van der Waals surface area contributed by atoms with E-state index in [1.807, 2.05) is 24.3 Å². The van der Waals surface area contributed by atoms with Gasteiger partial charge in [0.1, 0.15) is 23.6 Å². The Labute approximate surface area is 157 Å². The molecule has 0 amide bonds. The van der Waals surface area contributed by atoms with E-state index in [-0.39, 0.29) is 0 Å². The molecular formula is C20H21N3O4. The number of methoxy groups -OCH3 is 2. The van der Waals surface area contributed by atoms with E-state index < -0.39 is 5.97 Å². The fraction of sp³-hybridized carbons (Fsp3) is 0.250. The van der Waals surface area contributed by atoms with Gasteiger partial charge in [-0.15, -0.1) is 0 Å². The molecule has 0 saturated carbocycles. The highest BCUT2D eigenvalue weighted by atomic mass is 16.5. The van der Waals surface area contributed by atoms with E-state index >= 15 is 0 Å². The summed E-state index contributed by atoms with van der Waals surface area (Å²) in [6.45, 7) is 2.57. The molecule has 1 aromatic heterocycles. The molecule has 1 N–H and O–H groups in total. The van der Waals surface area contributed by atoms with Gasteiger partial charge in [0, 0.05) is 23.6 Å². The van der Waals surface area contributed by atoms with Crippen molar-refractivity contribution < 1.29 is 19.0 Å². The second kappa shape index (κ2) is 8.35. The van der Waals surface area contributed by atoms with Crippen LogP contribution >= 0.6 is 0 Å². The highest BCUT2D eigenvalue weighted by molar-refractivity contribution is 6.05. The number of hydrogen-bond donors (Lipinski definition) is 1. The lowest BCUT2D eigenvalue weighted by Gasteiger charge is -2.13. The van der Waals surface area contributed by atoms with E-state index in [0.29, 0.717) is 35.8 Å². The number of esters is 1. The number of carbonyl (C=O) groups excluding carboxylic acids is 1. The first-order valence-corrected chi connectivity index (χ1v) is 8.53. The number of para-hydroxylation sites is 1. The standard InChI is InChI=1S/C20H21N3O4/c1-4-27-20(24)16-7-5-6-15-18(16)22-12-23-19(15)21-11-13-8-9-14(25-2)10-17(13)26-3/h5-10,12H,4,11H2,1-3H3,(H,21,22,23). The minimum Gasteiger partial charge on any atom is -0.497 e. The number of fused-ring (bicyclic) bond motifs is 1. The van der Waals surface area contributed by atoms with Gasteiger partial charge < -0.3 is 19.5 Å². The smallest absolute Gasteiger partial charge is 0.340 e. The van der Waals surface area contributed by atoms with Crippen LogP contribution in [0.15, 0.2) is 42.7 Å². The van der Waals surface area contributed by atoms with Crippen LogP contribution in [0.1, 0.15) is 22.8 Å². The minimum atomic E-state index is -0.399. The summed E-state index contributed by atoms with van der Waals surface area (Å²) in [5.74, 6) is 1.67. The Morgan fingerprint density at radius 2 is 1.96 bits per heavy atom. The van der Waals surface area contributed by atoms with Crippen LogP contribution in [-0.4, -0.2) is 36.8 Å². The van der Waals surface area contributed by atoms with Gasteiger partial charge in [-0.05, 0) is 31.2 Å². The maximum Gasteiger partial charge on any atom is 0.340 e. The van der Waals surface area contributed by atoms with Gasteiger partial charge in [0.25, 0.3) is 0 Å². The van der Waals surface area contributed by atoms with E-state index in [9.17, 15) is 4.79 Å². The van der Waals surface area contributed by atoms with Crippen LogP contribution in [0.2, 0.25) is 0 Å². The van der Waals surface area contributed by atoms with Gasteiger partial charge in [-0.3, -0.25) is 0 Å². The molecule has 3 aromatic rings. The molecule has 0 atom stereocenters. The van der Waals surface area contributed by atoms with Gasteiger partial charge >= 0.3 is 5.97 Å². The van der Waals surface area contributed by atoms with Gasteiger partial charge in [0.05, 0.1) is 31.9 Å². The lowest BCUT2D eigenvalue weighted by Crippen LogP contribution is -2.08. The number of hydrogen-bond acceptors (Lipinski definition) is 7. The van der Waals surface area contributed by atoms with E-state index in [1.54, 1.807) is 33.3 Å². The number of ether oxygens (including phenoxy) is 3. The molecule has 0 saturated heterocycles. The zero-order valence-corrected chi connectivity index (χ0v) is 15.5. The minimum absolute atomic E-state index is 0.308. The van der Waals surface area contributed by atoms with E-state index in [0.717, 1.165) is 16.7 Å². The summed E-state index contributed by atoms with van der Waals surface area (Å²) in [6.07, 6.45) is 1.43. The summed E-state index contributed by atoms with van der Waals surface area (Å²) in [5.41, 5.74) is 1.92. The number of aromatic nitrogens is 2. The average molecular weight is 367 g/mol. The first-order valence-electron chi connectivity index (χ1n) is 8.53. The van der Waals surface area contributed by atoms with Crippen LogP contribution < -0.4 is 14.8 Å². The summed E-state index contributed by atoms with van der Waals surface area (Å²) in [4.78, 5) is 20.7. The van der Waals surface area contributed by atoms with Gasteiger partial charge in [0.2, 0.25) is 0 Å². The number of nitrogens with zero attached hydrogens (tertiary/aromatic N) is 2. The van der Waals surface area contributed by atoms with Crippen molar-refractivity contribution in [2.24, 2.45) is 0 Å². The largest absolute Gasteiger partial charge is 0.497 e. The third-order valence-electron chi connectivity index (χ3n) is 4.10. The molecule has 140 valence electrons. The van der Waals surface area contributed by atoms with Gasteiger partial charge in [-0.1, -0.05) is 6.07 Å². The van der Waals surface area contributed by atoms with Crippen molar-refractivity contribution in [2.45, 2.75) is 13.5 Å². The average Bonchev–Trinajstić information content (AvgIpc) is 2.71. The second-order valence-electron chi connectivity index (χ2n) is 5.68. The monoisotopic (exact) mass is 367 g/mol. The Balaban J connectivity index is 1.90. The Morgan fingerprint density at radius 1 is 1.11 bits per heavy atom. The highest BCUT2D eigenvalue weighted by Crippen LogP contribution is 2.27. The predicted octanol–water partition coefficient (Wildman–Crippen LogP) is 3.44. The summed E-state index contributed by atoms with van der Waals surface area (Å²) in [5, 5.41) is 4.04. The molecule has 7 heteroatoms. The fourth-order valence-electron chi connectivity index (χ4n) is 2.78. The number of carbonyl (C=O) groups is 1. The quantitative estimate of drug-likeness (QED) is 0.641. The molecule has 0 fully saturated rings. The van der Waals surface area contributed by atoms with E-state index in [4.69, 9.17) is 14.2 Å². The third kappa shape index (κ3) is 3.92. The molecular weight excluding hydrogens is 346 g/mol. The molecule has 0 aliphatic rings. The first kappa shape index (κ1) is 18.4. The van der Waals surface area contributed by atoms with Crippen molar-refractivity contribution in [3.05, 3.63) is 53.9 Å². The molecule has 0 aliphatic carbocycles. The van der Waals surface area contributed by atoms with Crippen molar-refractivity contribution in [1.29, 1.82) is 0 Å². The summed E-state index contributed by atoms with van der Waals surface area (Å²) >= 11 is 0. The summed E-state index contributed by atoms with van der Waals surface area (Å²) in [6, 6.07) is 11.0. The van der Waals surface area contributed by atoms with Crippen LogP contribution in [-0.2, 0) is 11.3 Å². The Bertz CT molecular complexity index is 959. The number of nitrogens with one attached hydrogen (secondary N) is 1. The summed E-state index contributed by atoms with van der Waals surface area (Å²) in [7, 11) is 3.23. The van der Waals surface area contributed by atoms with Crippen LogP contribution in [0, 0.1) is 0 Å². The number of rotatable bonds is 7. The Kier molecular flexibility index (Phi) is 5.71. The molecule has 0 spiro atoms. The molecule has 0 bridgehead atoms. The van der Waals surface area contributed by atoms with Crippen LogP contribution in [0.25, 0.3) is 10.9 Å². The van der Waals surface area contributed by atoms with Crippen molar-refractivity contribution in [3.63, 3.8) is 0 Å². The maximum atomic E-state index is 12.2. The van der Waals surface area contributed by atoms with Gasteiger partial charge in [-0.2, -0.15) is 0 Å². The number of anilines is 1. The topological polar surface area (TPSA) is 82.6 Å². The molecule has 3 rings (SSSR count). The van der Waals surface area contributed by atoms with Gasteiger partial charge in [-0.25, -0.2) is 14.8 Å². The first-order chi connectivity index (χ1) is 13.2. The normalized spacial score (nSPS) is 10.5. The van der Waals surface area contributed by atoms with Crippen LogP contribution in [0.4, 0.5) is 5.82 Å². The summed E-state index contributed by atoms with van der Waals surface area (Å²) < 4.78 is 15.8. The lowest BCUT2D eigenvalue weighted by atomic mass is 10.1. The molecule has 27 heavy (non-hydrogen) atoms.